The summed E-state index contributed by atoms with van der Waals surface area (Å²) in [7, 11) is -3.06. The molecule has 1 atom stereocenters. The van der Waals surface area contributed by atoms with Crippen LogP contribution in [-0.2, 0) is 9.84 Å². The van der Waals surface area contributed by atoms with Crippen LogP contribution in [0.3, 0.4) is 0 Å². The molecule has 0 fully saturated rings. The highest BCUT2D eigenvalue weighted by molar-refractivity contribution is 7.92. The molecule has 0 radical (unpaired) electrons. The van der Waals surface area contributed by atoms with Crippen LogP contribution in [0.1, 0.15) is 42.4 Å². The Kier molecular flexibility index (Phi) is 4.56. The van der Waals surface area contributed by atoms with E-state index in [1.807, 2.05) is 20.8 Å². The number of aromatic nitrogens is 1. The summed E-state index contributed by atoms with van der Waals surface area (Å²) in [4.78, 5) is 5.56. The average Bonchev–Trinajstić information content (AvgIpc) is 2.53. The van der Waals surface area contributed by atoms with Crippen LogP contribution in [0.2, 0.25) is 0 Å². The van der Waals surface area contributed by atoms with E-state index in [0.717, 1.165) is 10.7 Å². The van der Waals surface area contributed by atoms with Gasteiger partial charge in [0.1, 0.15) is 0 Å². The molecule has 1 aromatic heterocycles. The second-order valence-corrected chi connectivity index (χ2v) is 9.20. The lowest BCUT2D eigenvalue weighted by atomic mass is 10.1. The van der Waals surface area contributed by atoms with E-state index in [0.29, 0.717) is 6.54 Å². The highest BCUT2D eigenvalue weighted by atomic mass is 32.2. The molecule has 1 unspecified atom stereocenters. The Hall–Kier alpha value is -0.460. The molecule has 0 spiro atoms. The van der Waals surface area contributed by atoms with Crippen molar-refractivity contribution in [2.24, 2.45) is 0 Å². The molecule has 0 amide bonds. The molecule has 1 aromatic rings. The monoisotopic (exact) mass is 290 g/mol. The van der Waals surface area contributed by atoms with E-state index in [9.17, 15) is 8.42 Å². The minimum absolute atomic E-state index is 0.122. The Morgan fingerprint density at radius 3 is 2.33 bits per heavy atom. The van der Waals surface area contributed by atoms with Gasteiger partial charge in [0.15, 0.2) is 9.84 Å². The van der Waals surface area contributed by atoms with Crippen molar-refractivity contribution in [1.82, 2.24) is 10.3 Å². The van der Waals surface area contributed by atoms with Crippen molar-refractivity contribution in [1.29, 1.82) is 0 Å². The van der Waals surface area contributed by atoms with Crippen LogP contribution in [0.4, 0.5) is 0 Å². The zero-order chi connectivity index (χ0) is 14.1. The lowest BCUT2D eigenvalue weighted by Crippen LogP contribution is -2.42. The molecule has 104 valence electrons. The van der Waals surface area contributed by atoms with E-state index in [4.69, 9.17) is 0 Å². The molecule has 0 aromatic carbocycles. The standard InChI is InChI=1S/C12H22N2O2S2/c1-8(11-9(2)14-10(3)17-11)13-7-12(4,5)18(6,15)16/h8,13H,7H2,1-6H3. The lowest BCUT2D eigenvalue weighted by Gasteiger charge is -2.25. The third kappa shape index (κ3) is 3.52. The Morgan fingerprint density at radius 1 is 1.39 bits per heavy atom. The molecule has 0 saturated heterocycles. The molecular weight excluding hydrogens is 268 g/mol. The van der Waals surface area contributed by atoms with E-state index >= 15 is 0 Å². The Labute approximate surface area is 114 Å². The Morgan fingerprint density at radius 2 is 1.94 bits per heavy atom. The van der Waals surface area contributed by atoms with Crippen molar-refractivity contribution in [3.05, 3.63) is 15.6 Å². The van der Waals surface area contributed by atoms with Crippen LogP contribution in [0.5, 0.6) is 0 Å². The number of nitrogens with one attached hydrogen (secondary N) is 1. The summed E-state index contributed by atoms with van der Waals surface area (Å²) in [5.41, 5.74) is 1.02. The SMILES string of the molecule is Cc1nc(C)c(C(C)NCC(C)(C)S(C)(=O)=O)s1. The fourth-order valence-corrected chi connectivity index (χ4v) is 2.87. The van der Waals surface area contributed by atoms with Gasteiger partial charge in [-0.05, 0) is 34.6 Å². The molecule has 6 heteroatoms. The first kappa shape index (κ1) is 15.6. The van der Waals surface area contributed by atoms with Crippen LogP contribution in [0.15, 0.2) is 0 Å². The summed E-state index contributed by atoms with van der Waals surface area (Å²) in [6.45, 7) is 9.93. The van der Waals surface area contributed by atoms with E-state index in [1.54, 1.807) is 25.2 Å². The summed E-state index contributed by atoms with van der Waals surface area (Å²) in [6, 6.07) is 0.122. The van der Waals surface area contributed by atoms with E-state index in [-0.39, 0.29) is 6.04 Å². The number of hydrogen-bond donors (Lipinski definition) is 1. The fraction of sp³-hybridized carbons (Fsp3) is 0.750. The van der Waals surface area contributed by atoms with Gasteiger partial charge >= 0.3 is 0 Å². The molecule has 1 rings (SSSR count). The molecule has 18 heavy (non-hydrogen) atoms. The molecule has 0 bridgehead atoms. The fourth-order valence-electron chi connectivity index (χ4n) is 1.57. The van der Waals surface area contributed by atoms with Gasteiger partial charge in [0, 0.05) is 23.7 Å². The van der Waals surface area contributed by atoms with Crippen LogP contribution >= 0.6 is 11.3 Å². The number of sulfone groups is 1. The average molecular weight is 290 g/mol. The normalized spacial score (nSPS) is 14.8. The molecule has 1 N–H and O–H groups in total. The van der Waals surface area contributed by atoms with Gasteiger partial charge in [0.25, 0.3) is 0 Å². The van der Waals surface area contributed by atoms with Crippen molar-refractivity contribution in [2.45, 2.75) is 45.4 Å². The van der Waals surface area contributed by atoms with Crippen LogP contribution in [0, 0.1) is 13.8 Å². The van der Waals surface area contributed by atoms with Crippen molar-refractivity contribution in [2.75, 3.05) is 12.8 Å². The first-order valence-corrected chi connectivity index (χ1v) is 8.62. The first-order valence-electron chi connectivity index (χ1n) is 5.91. The number of rotatable bonds is 5. The lowest BCUT2D eigenvalue weighted by molar-refractivity contribution is 0.491. The molecular formula is C12H22N2O2S2. The summed E-state index contributed by atoms with van der Waals surface area (Å²) in [5, 5.41) is 4.33. The van der Waals surface area contributed by atoms with Gasteiger partial charge in [-0.2, -0.15) is 0 Å². The van der Waals surface area contributed by atoms with E-state index in [1.165, 1.54) is 11.1 Å². The molecule has 0 aliphatic carbocycles. The Balaban J connectivity index is 2.73. The zero-order valence-corrected chi connectivity index (χ0v) is 13.5. The van der Waals surface area contributed by atoms with Crippen molar-refractivity contribution < 1.29 is 8.42 Å². The van der Waals surface area contributed by atoms with E-state index in [2.05, 4.69) is 10.3 Å². The number of hydrogen-bond acceptors (Lipinski definition) is 5. The van der Waals surface area contributed by atoms with Crippen LogP contribution in [-0.4, -0.2) is 30.9 Å². The maximum Gasteiger partial charge on any atom is 0.153 e. The smallest absolute Gasteiger partial charge is 0.153 e. The van der Waals surface area contributed by atoms with Gasteiger partial charge in [-0.25, -0.2) is 13.4 Å². The maximum absolute atomic E-state index is 11.6. The highest BCUT2D eigenvalue weighted by Crippen LogP contribution is 2.25. The third-order valence-corrected chi connectivity index (χ3v) is 6.58. The van der Waals surface area contributed by atoms with Gasteiger partial charge in [-0.15, -0.1) is 11.3 Å². The second-order valence-electron chi connectivity index (χ2n) is 5.32. The minimum atomic E-state index is -3.06. The second kappa shape index (κ2) is 5.27. The topological polar surface area (TPSA) is 59.1 Å². The number of aryl methyl sites for hydroxylation is 2. The molecule has 0 aliphatic rings. The zero-order valence-electron chi connectivity index (χ0n) is 11.9. The summed E-state index contributed by atoms with van der Waals surface area (Å²) in [6.07, 6.45) is 1.28. The van der Waals surface area contributed by atoms with Gasteiger partial charge in [-0.1, -0.05) is 0 Å². The summed E-state index contributed by atoms with van der Waals surface area (Å²) < 4.78 is 22.5. The highest BCUT2D eigenvalue weighted by Gasteiger charge is 2.30. The van der Waals surface area contributed by atoms with Crippen LogP contribution < -0.4 is 5.32 Å². The number of nitrogens with zero attached hydrogens (tertiary/aromatic N) is 1. The van der Waals surface area contributed by atoms with Gasteiger partial charge in [0.05, 0.1) is 15.4 Å². The first-order chi connectivity index (χ1) is 8.04. The maximum atomic E-state index is 11.6. The predicted molar refractivity (Wildman–Crippen MR) is 76.9 cm³/mol. The quantitative estimate of drug-likeness (QED) is 0.903. The summed E-state index contributed by atoms with van der Waals surface area (Å²) in [5.74, 6) is 0. The van der Waals surface area contributed by atoms with Gasteiger partial charge in [-0.3, -0.25) is 0 Å². The van der Waals surface area contributed by atoms with Crippen molar-refractivity contribution in [3.8, 4) is 0 Å². The molecule has 1 heterocycles. The van der Waals surface area contributed by atoms with Crippen molar-refractivity contribution >= 4 is 21.2 Å². The minimum Gasteiger partial charge on any atom is -0.308 e. The largest absolute Gasteiger partial charge is 0.308 e. The van der Waals surface area contributed by atoms with Gasteiger partial charge < -0.3 is 5.32 Å². The third-order valence-electron chi connectivity index (χ3n) is 3.17. The van der Waals surface area contributed by atoms with Crippen molar-refractivity contribution in [3.63, 3.8) is 0 Å². The van der Waals surface area contributed by atoms with E-state index < -0.39 is 14.6 Å². The van der Waals surface area contributed by atoms with Gasteiger partial charge in [0.2, 0.25) is 0 Å². The molecule has 0 aliphatic heterocycles. The molecule has 0 saturated carbocycles. The molecule has 4 nitrogen and oxygen atoms in total. The number of thiazole rings is 1. The van der Waals surface area contributed by atoms with Crippen LogP contribution in [0.25, 0.3) is 0 Å². The summed E-state index contributed by atoms with van der Waals surface area (Å²) >= 11 is 1.66. The predicted octanol–water partition coefficient (Wildman–Crippen LogP) is 2.23. The Bertz CT molecular complexity index is 518.